The Morgan fingerprint density at radius 2 is 2.22 bits per heavy atom. The van der Waals surface area contributed by atoms with E-state index in [2.05, 4.69) is 42.6 Å². The first kappa shape index (κ1) is 12.9. The number of nitrogens with zero attached hydrogens (tertiary/aromatic N) is 2. The molecule has 0 aromatic carbocycles. The smallest absolute Gasteiger partial charge is 0.126 e. The van der Waals surface area contributed by atoms with Crippen LogP contribution in [0.1, 0.15) is 45.2 Å². The average molecular weight is 247 g/mol. The standard InChI is InChI=1S/C14H21N3O/c1-11(13-6-5-7-18-13)17-10-15-8-12(17)9-16-14(2,3)4/h5-8,10-11,16H,9H2,1-4H3. The Balaban J connectivity index is 2.13. The van der Waals surface area contributed by atoms with Crippen LogP contribution in [0.2, 0.25) is 0 Å². The predicted octanol–water partition coefficient (Wildman–Crippen LogP) is 2.97. The lowest BCUT2D eigenvalue weighted by molar-refractivity contribution is 0.402. The highest BCUT2D eigenvalue weighted by atomic mass is 16.3. The summed E-state index contributed by atoms with van der Waals surface area (Å²) in [6.45, 7) is 9.38. The van der Waals surface area contributed by atoms with Crippen molar-refractivity contribution >= 4 is 0 Å². The highest BCUT2D eigenvalue weighted by Gasteiger charge is 2.15. The molecule has 0 aliphatic heterocycles. The molecule has 2 aromatic heterocycles. The number of imidazole rings is 1. The molecule has 0 amide bonds. The molecule has 1 unspecified atom stereocenters. The number of aromatic nitrogens is 2. The van der Waals surface area contributed by atoms with Gasteiger partial charge in [-0.25, -0.2) is 4.98 Å². The van der Waals surface area contributed by atoms with Gasteiger partial charge in [0.1, 0.15) is 5.76 Å². The first-order valence-electron chi connectivity index (χ1n) is 6.26. The van der Waals surface area contributed by atoms with E-state index >= 15 is 0 Å². The van der Waals surface area contributed by atoms with Gasteiger partial charge in [-0.2, -0.15) is 0 Å². The van der Waals surface area contributed by atoms with Gasteiger partial charge < -0.3 is 14.3 Å². The van der Waals surface area contributed by atoms with Crippen molar-refractivity contribution in [3.05, 3.63) is 42.4 Å². The van der Waals surface area contributed by atoms with Gasteiger partial charge in [0.15, 0.2) is 0 Å². The van der Waals surface area contributed by atoms with E-state index in [1.165, 1.54) is 0 Å². The number of hydrogen-bond donors (Lipinski definition) is 1. The summed E-state index contributed by atoms with van der Waals surface area (Å²) >= 11 is 0. The summed E-state index contributed by atoms with van der Waals surface area (Å²) in [5.41, 5.74) is 1.26. The highest BCUT2D eigenvalue weighted by Crippen LogP contribution is 2.20. The molecule has 0 saturated heterocycles. The number of rotatable bonds is 4. The Kier molecular flexibility index (Phi) is 3.57. The van der Waals surface area contributed by atoms with E-state index in [1.807, 2.05) is 24.7 Å². The van der Waals surface area contributed by atoms with Crippen LogP contribution >= 0.6 is 0 Å². The Bertz CT molecular complexity index is 479. The Morgan fingerprint density at radius 3 is 2.83 bits per heavy atom. The lowest BCUT2D eigenvalue weighted by Gasteiger charge is -2.22. The van der Waals surface area contributed by atoms with E-state index in [1.54, 1.807) is 6.26 Å². The van der Waals surface area contributed by atoms with Gasteiger partial charge in [-0.1, -0.05) is 0 Å². The van der Waals surface area contributed by atoms with Crippen LogP contribution in [0.15, 0.2) is 35.3 Å². The highest BCUT2D eigenvalue weighted by molar-refractivity contribution is 5.10. The summed E-state index contributed by atoms with van der Waals surface area (Å²) in [5.74, 6) is 0.949. The molecule has 0 bridgehead atoms. The molecule has 4 heteroatoms. The van der Waals surface area contributed by atoms with Crippen LogP contribution in [-0.2, 0) is 6.54 Å². The minimum atomic E-state index is 0.100. The molecule has 2 rings (SSSR count). The SMILES string of the molecule is CC(c1ccco1)n1cncc1CNC(C)(C)C. The van der Waals surface area contributed by atoms with Crippen LogP contribution in [-0.4, -0.2) is 15.1 Å². The normalized spacial score (nSPS) is 13.8. The Morgan fingerprint density at radius 1 is 1.44 bits per heavy atom. The maximum Gasteiger partial charge on any atom is 0.126 e. The summed E-state index contributed by atoms with van der Waals surface area (Å²) in [7, 11) is 0. The van der Waals surface area contributed by atoms with Gasteiger partial charge in [-0.3, -0.25) is 0 Å². The maximum absolute atomic E-state index is 5.45. The fourth-order valence-corrected chi connectivity index (χ4v) is 1.84. The van der Waals surface area contributed by atoms with Gasteiger partial charge in [-0.05, 0) is 39.8 Å². The van der Waals surface area contributed by atoms with E-state index in [-0.39, 0.29) is 11.6 Å². The molecule has 0 saturated carbocycles. The average Bonchev–Trinajstić information content (AvgIpc) is 2.95. The molecule has 2 heterocycles. The van der Waals surface area contributed by atoms with Gasteiger partial charge in [0.25, 0.3) is 0 Å². The molecule has 0 aliphatic carbocycles. The Labute approximate surface area is 108 Å². The van der Waals surface area contributed by atoms with E-state index in [0.29, 0.717) is 0 Å². The van der Waals surface area contributed by atoms with Crippen LogP contribution in [0.5, 0.6) is 0 Å². The molecule has 98 valence electrons. The molecule has 1 atom stereocenters. The van der Waals surface area contributed by atoms with E-state index in [9.17, 15) is 0 Å². The minimum absolute atomic E-state index is 0.100. The molecular formula is C14H21N3O. The largest absolute Gasteiger partial charge is 0.467 e. The molecule has 1 N–H and O–H groups in total. The summed E-state index contributed by atoms with van der Waals surface area (Å²) in [4.78, 5) is 4.24. The van der Waals surface area contributed by atoms with Crippen LogP contribution in [0.4, 0.5) is 0 Å². The van der Waals surface area contributed by atoms with Crippen molar-refractivity contribution in [2.24, 2.45) is 0 Å². The second-order valence-electron chi connectivity index (χ2n) is 5.59. The molecule has 2 aromatic rings. The van der Waals surface area contributed by atoms with Crippen molar-refractivity contribution in [1.82, 2.24) is 14.9 Å². The summed E-state index contributed by atoms with van der Waals surface area (Å²) < 4.78 is 7.59. The van der Waals surface area contributed by atoms with E-state index < -0.39 is 0 Å². The van der Waals surface area contributed by atoms with Gasteiger partial charge in [0.2, 0.25) is 0 Å². The van der Waals surface area contributed by atoms with E-state index in [4.69, 9.17) is 4.42 Å². The zero-order valence-electron chi connectivity index (χ0n) is 11.5. The number of hydrogen-bond acceptors (Lipinski definition) is 3. The van der Waals surface area contributed by atoms with Gasteiger partial charge in [0, 0.05) is 18.3 Å². The number of furan rings is 1. The first-order valence-corrected chi connectivity index (χ1v) is 6.26. The first-order chi connectivity index (χ1) is 8.47. The van der Waals surface area contributed by atoms with E-state index in [0.717, 1.165) is 18.0 Å². The van der Waals surface area contributed by atoms with Crippen molar-refractivity contribution in [2.45, 2.75) is 45.8 Å². The fraction of sp³-hybridized carbons (Fsp3) is 0.500. The lowest BCUT2D eigenvalue weighted by Crippen LogP contribution is -2.35. The molecule has 4 nitrogen and oxygen atoms in total. The van der Waals surface area contributed by atoms with Gasteiger partial charge in [0.05, 0.1) is 24.3 Å². The zero-order valence-corrected chi connectivity index (χ0v) is 11.5. The topological polar surface area (TPSA) is 43.0 Å². The van der Waals surface area contributed by atoms with Crippen molar-refractivity contribution in [3.8, 4) is 0 Å². The molecular weight excluding hydrogens is 226 g/mol. The van der Waals surface area contributed by atoms with Crippen molar-refractivity contribution in [3.63, 3.8) is 0 Å². The third kappa shape index (κ3) is 3.01. The third-order valence-corrected chi connectivity index (χ3v) is 2.92. The zero-order chi connectivity index (χ0) is 13.2. The predicted molar refractivity (Wildman–Crippen MR) is 71.3 cm³/mol. The van der Waals surface area contributed by atoms with Gasteiger partial charge >= 0.3 is 0 Å². The van der Waals surface area contributed by atoms with Crippen molar-refractivity contribution < 1.29 is 4.42 Å². The van der Waals surface area contributed by atoms with Crippen molar-refractivity contribution in [1.29, 1.82) is 0 Å². The van der Waals surface area contributed by atoms with Gasteiger partial charge in [-0.15, -0.1) is 0 Å². The molecule has 18 heavy (non-hydrogen) atoms. The van der Waals surface area contributed by atoms with Crippen LogP contribution in [0.25, 0.3) is 0 Å². The third-order valence-electron chi connectivity index (χ3n) is 2.92. The summed E-state index contributed by atoms with van der Waals surface area (Å²) in [6, 6.07) is 4.07. The molecule has 0 aliphatic rings. The Hall–Kier alpha value is -1.55. The summed E-state index contributed by atoms with van der Waals surface area (Å²) in [6.07, 6.45) is 5.46. The fourth-order valence-electron chi connectivity index (χ4n) is 1.84. The summed E-state index contributed by atoms with van der Waals surface area (Å²) in [5, 5.41) is 3.47. The van der Waals surface area contributed by atoms with Crippen LogP contribution in [0, 0.1) is 0 Å². The van der Waals surface area contributed by atoms with Crippen molar-refractivity contribution in [2.75, 3.05) is 0 Å². The van der Waals surface area contributed by atoms with Crippen LogP contribution < -0.4 is 5.32 Å². The lowest BCUT2D eigenvalue weighted by atomic mass is 10.1. The molecule has 0 fully saturated rings. The maximum atomic E-state index is 5.45. The minimum Gasteiger partial charge on any atom is -0.467 e. The molecule has 0 spiro atoms. The molecule has 0 radical (unpaired) electrons. The quantitative estimate of drug-likeness (QED) is 0.903. The number of nitrogens with one attached hydrogen (secondary N) is 1. The second kappa shape index (κ2) is 4.98. The monoisotopic (exact) mass is 247 g/mol. The van der Waals surface area contributed by atoms with Crippen LogP contribution in [0.3, 0.4) is 0 Å². The second-order valence-corrected chi connectivity index (χ2v) is 5.59.